The molecule has 6 heteroatoms. The minimum atomic E-state index is -0.842. The predicted octanol–water partition coefficient (Wildman–Crippen LogP) is 4.57. The summed E-state index contributed by atoms with van der Waals surface area (Å²) in [5.41, 5.74) is 3.72. The Bertz CT molecular complexity index is 1180. The normalized spacial score (nSPS) is 15.4. The summed E-state index contributed by atoms with van der Waals surface area (Å²) in [6.07, 6.45) is 2.55. The molecule has 140 valence electrons. The monoisotopic (exact) mass is 372 g/mol. The highest BCUT2D eigenvalue weighted by molar-refractivity contribution is 5.87. The van der Waals surface area contributed by atoms with Crippen molar-refractivity contribution < 1.29 is 9.90 Å². The lowest BCUT2D eigenvalue weighted by atomic mass is 10.0. The van der Waals surface area contributed by atoms with Crippen molar-refractivity contribution >= 4 is 28.0 Å². The molecular formula is C22H20N4O2. The quantitative estimate of drug-likeness (QED) is 0.560. The van der Waals surface area contributed by atoms with Gasteiger partial charge in [0.2, 0.25) is 0 Å². The van der Waals surface area contributed by atoms with E-state index in [9.17, 15) is 4.79 Å². The van der Waals surface area contributed by atoms with Gasteiger partial charge in [-0.3, -0.25) is 0 Å². The van der Waals surface area contributed by atoms with Crippen molar-refractivity contribution in [3.8, 4) is 11.3 Å². The van der Waals surface area contributed by atoms with E-state index in [-0.39, 0.29) is 6.04 Å². The fraction of sp³-hybridized carbons (Fsp3) is 0.227. The molecule has 2 aromatic carbocycles. The minimum absolute atomic E-state index is 0.222. The van der Waals surface area contributed by atoms with Gasteiger partial charge in [0.15, 0.2) is 5.65 Å². The first kappa shape index (κ1) is 16.7. The molecule has 5 rings (SSSR count). The molecule has 28 heavy (non-hydrogen) atoms. The van der Waals surface area contributed by atoms with Crippen molar-refractivity contribution in [2.45, 2.75) is 18.9 Å². The standard InChI is InChI=1S/C22H20N4O2/c27-22(28)25-11-9-18(10-12-25)26-14-23-20-8-7-19(24-21(20)26)17-6-5-15-3-1-2-4-16(15)13-17/h1-8,13-14,18H,9-12H2,(H,27,28). The van der Waals surface area contributed by atoms with E-state index >= 15 is 0 Å². The third-order valence-electron chi connectivity index (χ3n) is 5.59. The fourth-order valence-electron chi connectivity index (χ4n) is 4.02. The minimum Gasteiger partial charge on any atom is -0.465 e. The molecule has 0 spiro atoms. The second-order valence-corrected chi connectivity index (χ2v) is 7.25. The van der Waals surface area contributed by atoms with Crippen LogP contribution in [0.2, 0.25) is 0 Å². The van der Waals surface area contributed by atoms with Crippen LogP contribution in [0, 0.1) is 0 Å². The van der Waals surface area contributed by atoms with Crippen molar-refractivity contribution in [1.29, 1.82) is 0 Å². The molecule has 1 fully saturated rings. The number of benzene rings is 2. The van der Waals surface area contributed by atoms with E-state index in [4.69, 9.17) is 10.1 Å². The number of likely N-dealkylation sites (tertiary alicyclic amines) is 1. The summed E-state index contributed by atoms with van der Waals surface area (Å²) in [5.74, 6) is 0. The van der Waals surface area contributed by atoms with Gasteiger partial charge in [-0.1, -0.05) is 36.4 Å². The summed E-state index contributed by atoms with van der Waals surface area (Å²) in [6, 6.07) is 18.9. The van der Waals surface area contributed by atoms with E-state index in [2.05, 4.69) is 39.9 Å². The average molecular weight is 372 g/mol. The molecule has 0 aliphatic carbocycles. The van der Waals surface area contributed by atoms with Crippen LogP contribution in [-0.2, 0) is 0 Å². The van der Waals surface area contributed by atoms with Crippen LogP contribution in [-0.4, -0.2) is 43.7 Å². The van der Waals surface area contributed by atoms with Gasteiger partial charge in [0.25, 0.3) is 0 Å². The van der Waals surface area contributed by atoms with Crippen molar-refractivity contribution in [3.63, 3.8) is 0 Å². The molecule has 1 amide bonds. The second kappa shape index (κ2) is 6.64. The van der Waals surface area contributed by atoms with Crippen molar-refractivity contribution in [3.05, 3.63) is 60.9 Å². The Labute approximate surface area is 162 Å². The van der Waals surface area contributed by atoms with Gasteiger partial charge in [-0.25, -0.2) is 14.8 Å². The highest BCUT2D eigenvalue weighted by Gasteiger charge is 2.24. The summed E-state index contributed by atoms with van der Waals surface area (Å²) >= 11 is 0. The number of nitrogens with zero attached hydrogens (tertiary/aromatic N) is 4. The summed E-state index contributed by atoms with van der Waals surface area (Å²) in [7, 11) is 0. The van der Waals surface area contributed by atoms with E-state index in [0.29, 0.717) is 13.1 Å². The van der Waals surface area contributed by atoms with Gasteiger partial charge in [0.05, 0.1) is 12.0 Å². The Hall–Kier alpha value is -3.41. The molecule has 0 atom stereocenters. The number of fused-ring (bicyclic) bond motifs is 2. The third kappa shape index (κ3) is 2.87. The number of rotatable bonds is 2. The molecule has 0 radical (unpaired) electrons. The SMILES string of the molecule is O=C(O)N1CCC(n2cnc3ccc(-c4ccc5ccccc5c4)nc32)CC1. The first-order chi connectivity index (χ1) is 13.7. The van der Waals surface area contributed by atoms with Crippen molar-refractivity contribution in [2.75, 3.05) is 13.1 Å². The van der Waals surface area contributed by atoms with E-state index < -0.39 is 6.09 Å². The maximum absolute atomic E-state index is 11.1. The molecule has 2 aromatic heterocycles. The topological polar surface area (TPSA) is 71.2 Å². The highest BCUT2D eigenvalue weighted by atomic mass is 16.4. The fourth-order valence-corrected chi connectivity index (χ4v) is 4.02. The maximum atomic E-state index is 11.1. The van der Waals surface area contributed by atoms with Crippen LogP contribution in [0.1, 0.15) is 18.9 Å². The second-order valence-electron chi connectivity index (χ2n) is 7.25. The zero-order chi connectivity index (χ0) is 19.1. The van der Waals surface area contributed by atoms with Crippen molar-refractivity contribution in [1.82, 2.24) is 19.4 Å². The van der Waals surface area contributed by atoms with E-state index in [1.54, 1.807) is 0 Å². The molecule has 6 nitrogen and oxygen atoms in total. The number of amides is 1. The molecule has 0 saturated carbocycles. The van der Waals surface area contributed by atoms with Crippen molar-refractivity contribution in [2.24, 2.45) is 0 Å². The average Bonchev–Trinajstić information content (AvgIpc) is 3.16. The lowest BCUT2D eigenvalue weighted by Gasteiger charge is -2.30. The summed E-state index contributed by atoms with van der Waals surface area (Å²) in [5, 5.41) is 11.6. The molecule has 3 heterocycles. The van der Waals surface area contributed by atoms with E-state index in [0.717, 1.165) is 35.3 Å². The van der Waals surface area contributed by atoms with Crippen LogP contribution in [0.15, 0.2) is 60.9 Å². The first-order valence-electron chi connectivity index (χ1n) is 9.50. The van der Waals surface area contributed by atoms with Crippen LogP contribution in [0.3, 0.4) is 0 Å². The largest absolute Gasteiger partial charge is 0.465 e. The predicted molar refractivity (Wildman–Crippen MR) is 108 cm³/mol. The van der Waals surface area contributed by atoms with E-state index in [1.165, 1.54) is 15.7 Å². The maximum Gasteiger partial charge on any atom is 0.407 e. The first-order valence-corrected chi connectivity index (χ1v) is 9.50. The zero-order valence-corrected chi connectivity index (χ0v) is 15.3. The van der Waals surface area contributed by atoms with Gasteiger partial charge in [0.1, 0.15) is 5.52 Å². The molecule has 1 saturated heterocycles. The van der Waals surface area contributed by atoms with Gasteiger partial charge in [-0.15, -0.1) is 0 Å². The molecule has 0 bridgehead atoms. The van der Waals surface area contributed by atoms with Crippen LogP contribution in [0.4, 0.5) is 4.79 Å². The van der Waals surface area contributed by atoms with Gasteiger partial charge in [-0.2, -0.15) is 0 Å². The molecule has 1 aliphatic rings. The van der Waals surface area contributed by atoms with Gasteiger partial charge in [-0.05, 0) is 41.8 Å². The molecule has 1 aliphatic heterocycles. The Morgan fingerprint density at radius 3 is 2.57 bits per heavy atom. The van der Waals surface area contributed by atoms with Crippen LogP contribution < -0.4 is 0 Å². The summed E-state index contributed by atoms with van der Waals surface area (Å²) in [4.78, 5) is 22.0. The molecule has 1 N–H and O–H groups in total. The lowest BCUT2D eigenvalue weighted by Crippen LogP contribution is -2.38. The number of aromatic nitrogens is 3. The molecule has 0 unspecified atom stereocenters. The third-order valence-corrected chi connectivity index (χ3v) is 5.59. The summed E-state index contributed by atoms with van der Waals surface area (Å²) < 4.78 is 2.11. The number of piperidine rings is 1. The summed E-state index contributed by atoms with van der Waals surface area (Å²) in [6.45, 7) is 1.09. The number of pyridine rings is 1. The molecular weight excluding hydrogens is 352 g/mol. The lowest BCUT2D eigenvalue weighted by molar-refractivity contribution is 0.126. The van der Waals surface area contributed by atoms with Crippen LogP contribution >= 0.6 is 0 Å². The Morgan fingerprint density at radius 2 is 1.79 bits per heavy atom. The number of imidazole rings is 1. The molecule has 4 aromatic rings. The number of carboxylic acid groups (broad SMARTS) is 1. The van der Waals surface area contributed by atoms with Crippen LogP contribution in [0.5, 0.6) is 0 Å². The zero-order valence-electron chi connectivity index (χ0n) is 15.3. The Kier molecular flexibility index (Phi) is 3.97. The number of hydrogen-bond acceptors (Lipinski definition) is 3. The number of carbonyl (C=O) groups is 1. The van der Waals surface area contributed by atoms with Gasteiger partial charge < -0.3 is 14.6 Å². The van der Waals surface area contributed by atoms with E-state index in [1.807, 2.05) is 30.6 Å². The smallest absolute Gasteiger partial charge is 0.407 e. The Balaban J connectivity index is 1.50. The Morgan fingerprint density at radius 1 is 1.00 bits per heavy atom. The van der Waals surface area contributed by atoms with Crippen LogP contribution in [0.25, 0.3) is 33.2 Å². The van der Waals surface area contributed by atoms with Gasteiger partial charge in [0, 0.05) is 24.7 Å². The number of hydrogen-bond donors (Lipinski definition) is 1. The van der Waals surface area contributed by atoms with Gasteiger partial charge >= 0.3 is 6.09 Å². The highest BCUT2D eigenvalue weighted by Crippen LogP contribution is 2.28.